The number of hydrogen-bond donors (Lipinski definition) is 0. The topological polar surface area (TPSA) is 9.23 Å². The van der Waals surface area contributed by atoms with Crippen molar-refractivity contribution in [3.63, 3.8) is 0 Å². The third-order valence-corrected chi connectivity index (χ3v) is 7.01. The maximum absolute atomic E-state index is 14.7. The number of ether oxygens (including phenoxy) is 1. The fourth-order valence-electron chi connectivity index (χ4n) is 5.27. The Labute approximate surface area is 182 Å². The zero-order chi connectivity index (χ0) is 22.0. The molecule has 0 aromatic heterocycles. The minimum Gasteiger partial charge on any atom is -0.494 e. The van der Waals surface area contributed by atoms with Crippen LogP contribution in [0.3, 0.4) is 0 Å². The quantitative estimate of drug-likeness (QED) is 0.381. The van der Waals surface area contributed by atoms with E-state index in [0.717, 1.165) is 24.8 Å². The molecule has 0 saturated heterocycles. The summed E-state index contributed by atoms with van der Waals surface area (Å²) in [7, 11) is 1.37. The Kier molecular flexibility index (Phi) is 6.41. The van der Waals surface area contributed by atoms with E-state index >= 15 is 0 Å². The molecular formula is C27H27F3O. The molecule has 4 atom stereocenters. The van der Waals surface area contributed by atoms with E-state index in [4.69, 9.17) is 4.74 Å². The van der Waals surface area contributed by atoms with Crippen LogP contribution in [0.4, 0.5) is 13.2 Å². The molecule has 0 spiro atoms. The Morgan fingerprint density at radius 1 is 0.903 bits per heavy atom. The molecular weight excluding hydrogens is 397 g/mol. The van der Waals surface area contributed by atoms with E-state index in [9.17, 15) is 13.2 Å². The number of allylic oxidation sites excluding steroid dienone is 1. The van der Waals surface area contributed by atoms with E-state index in [1.165, 1.54) is 50.6 Å². The van der Waals surface area contributed by atoms with E-state index in [0.29, 0.717) is 23.3 Å². The summed E-state index contributed by atoms with van der Waals surface area (Å²) in [5.41, 5.74) is 0.773. The first-order chi connectivity index (χ1) is 15.0. The molecule has 162 valence electrons. The molecule has 0 N–H and O–H groups in total. The van der Waals surface area contributed by atoms with Gasteiger partial charge in [0.15, 0.2) is 11.6 Å². The summed E-state index contributed by atoms with van der Waals surface area (Å²) in [4.78, 5) is 0. The molecule has 0 aliphatic heterocycles. The molecule has 2 aromatic carbocycles. The van der Waals surface area contributed by atoms with Gasteiger partial charge in [-0.1, -0.05) is 17.9 Å². The standard InChI is InChI=1S/C27H27F3O/c1-3-17-4-7-20-14-21(9-8-19(20)12-17)22-15-24(28)23(25(29)16-22)10-5-18-6-11-27(31-2)26(30)13-18/h3,6,11,13,15-17,19-21H,1,4,7-9,12,14H2,2H3. The van der Waals surface area contributed by atoms with E-state index in [-0.39, 0.29) is 17.2 Å². The van der Waals surface area contributed by atoms with Crippen molar-refractivity contribution in [2.75, 3.05) is 7.11 Å². The SMILES string of the molecule is C=CC1CCC2CC(c3cc(F)c(C#Cc4ccc(OC)c(F)c4)c(F)c3)CCC2C1. The Morgan fingerprint density at radius 2 is 1.61 bits per heavy atom. The summed E-state index contributed by atoms with van der Waals surface area (Å²) >= 11 is 0. The number of halogens is 3. The zero-order valence-corrected chi connectivity index (χ0v) is 17.8. The minimum atomic E-state index is -0.658. The van der Waals surface area contributed by atoms with Gasteiger partial charge in [-0.25, -0.2) is 13.2 Å². The van der Waals surface area contributed by atoms with Crippen molar-refractivity contribution in [2.24, 2.45) is 17.8 Å². The first kappa shape index (κ1) is 21.6. The molecule has 2 fully saturated rings. The Hall–Kier alpha value is -2.67. The Balaban J connectivity index is 1.51. The lowest BCUT2D eigenvalue weighted by Crippen LogP contribution is -2.30. The molecule has 0 bridgehead atoms. The molecule has 1 nitrogen and oxygen atoms in total. The van der Waals surface area contributed by atoms with Gasteiger partial charge in [-0.15, -0.1) is 6.58 Å². The number of methoxy groups -OCH3 is 1. The van der Waals surface area contributed by atoms with Gasteiger partial charge in [0.05, 0.1) is 12.7 Å². The summed E-state index contributed by atoms with van der Waals surface area (Å²) in [5, 5.41) is 0. The number of fused-ring (bicyclic) bond motifs is 1. The van der Waals surface area contributed by atoms with Gasteiger partial charge in [0.25, 0.3) is 0 Å². The number of benzene rings is 2. The molecule has 2 saturated carbocycles. The lowest BCUT2D eigenvalue weighted by molar-refractivity contribution is 0.133. The molecule has 2 aromatic rings. The molecule has 0 amide bonds. The zero-order valence-electron chi connectivity index (χ0n) is 17.8. The fourth-order valence-corrected chi connectivity index (χ4v) is 5.27. The molecule has 4 rings (SSSR count). The summed E-state index contributed by atoms with van der Waals surface area (Å²) in [6.45, 7) is 3.94. The van der Waals surface area contributed by atoms with Crippen LogP contribution in [0.15, 0.2) is 43.0 Å². The van der Waals surface area contributed by atoms with Crippen LogP contribution < -0.4 is 4.74 Å². The van der Waals surface area contributed by atoms with Crippen molar-refractivity contribution in [3.8, 4) is 17.6 Å². The van der Waals surface area contributed by atoms with Crippen molar-refractivity contribution in [2.45, 2.75) is 44.4 Å². The molecule has 4 heteroatoms. The smallest absolute Gasteiger partial charge is 0.166 e. The predicted octanol–water partition coefficient (Wildman–Crippen LogP) is 7.00. The second kappa shape index (κ2) is 9.22. The van der Waals surface area contributed by atoms with E-state index in [1.54, 1.807) is 6.07 Å². The van der Waals surface area contributed by atoms with Crippen LogP contribution in [0.1, 0.15) is 61.1 Å². The summed E-state index contributed by atoms with van der Waals surface area (Å²) < 4.78 is 48.2. The van der Waals surface area contributed by atoms with E-state index < -0.39 is 17.5 Å². The van der Waals surface area contributed by atoms with Crippen LogP contribution in [-0.4, -0.2) is 7.11 Å². The van der Waals surface area contributed by atoms with E-state index in [1.807, 2.05) is 0 Å². The first-order valence-electron chi connectivity index (χ1n) is 11.0. The Bertz CT molecular complexity index is 1010. The summed E-state index contributed by atoms with van der Waals surface area (Å²) in [5.74, 6) is 5.53. The highest BCUT2D eigenvalue weighted by atomic mass is 19.1. The molecule has 4 unspecified atom stereocenters. The highest BCUT2D eigenvalue weighted by Crippen LogP contribution is 2.48. The van der Waals surface area contributed by atoms with Crippen LogP contribution in [0.5, 0.6) is 5.75 Å². The van der Waals surface area contributed by atoms with Crippen LogP contribution in [0, 0.1) is 47.0 Å². The lowest BCUT2D eigenvalue weighted by atomic mass is 9.64. The summed E-state index contributed by atoms with van der Waals surface area (Å²) in [6, 6.07) is 7.05. The van der Waals surface area contributed by atoms with Crippen molar-refractivity contribution in [3.05, 3.63) is 77.1 Å². The normalized spacial score (nSPS) is 25.2. The maximum Gasteiger partial charge on any atom is 0.166 e. The van der Waals surface area contributed by atoms with Crippen LogP contribution in [-0.2, 0) is 0 Å². The van der Waals surface area contributed by atoms with Gasteiger partial charge in [-0.05, 0) is 98.1 Å². The lowest BCUT2D eigenvalue weighted by Gasteiger charge is -2.41. The maximum atomic E-state index is 14.7. The third kappa shape index (κ3) is 4.66. The van der Waals surface area contributed by atoms with Crippen molar-refractivity contribution < 1.29 is 17.9 Å². The van der Waals surface area contributed by atoms with Gasteiger partial charge in [-0.2, -0.15) is 0 Å². The predicted molar refractivity (Wildman–Crippen MR) is 116 cm³/mol. The van der Waals surface area contributed by atoms with E-state index in [2.05, 4.69) is 24.5 Å². The number of hydrogen-bond acceptors (Lipinski definition) is 1. The Morgan fingerprint density at radius 3 is 2.29 bits per heavy atom. The fraction of sp³-hybridized carbons (Fsp3) is 0.407. The monoisotopic (exact) mass is 424 g/mol. The average molecular weight is 425 g/mol. The van der Waals surface area contributed by atoms with Gasteiger partial charge < -0.3 is 4.74 Å². The van der Waals surface area contributed by atoms with Gasteiger partial charge in [0, 0.05) is 5.56 Å². The van der Waals surface area contributed by atoms with Crippen LogP contribution >= 0.6 is 0 Å². The second-order valence-corrected chi connectivity index (χ2v) is 8.80. The number of rotatable bonds is 3. The largest absolute Gasteiger partial charge is 0.494 e. The molecule has 2 aliphatic carbocycles. The third-order valence-electron chi connectivity index (χ3n) is 7.01. The van der Waals surface area contributed by atoms with Crippen molar-refractivity contribution in [1.29, 1.82) is 0 Å². The van der Waals surface area contributed by atoms with Gasteiger partial charge in [0.2, 0.25) is 0 Å². The minimum absolute atomic E-state index is 0.0972. The van der Waals surface area contributed by atoms with Crippen LogP contribution in [0.25, 0.3) is 0 Å². The highest BCUT2D eigenvalue weighted by molar-refractivity contribution is 5.47. The average Bonchev–Trinajstić information content (AvgIpc) is 2.77. The molecule has 0 radical (unpaired) electrons. The van der Waals surface area contributed by atoms with Crippen LogP contribution in [0.2, 0.25) is 0 Å². The van der Waals surface area contributed by atoms with Gasteiger partial charge in [0.1, 0.15) is 11.6 Å². The van der Waals surface area contributed by atoms with Crippen molar-refractivity contribution >= 4 is 0 Å². The molecule has 0 heterocycles. The molecule has 31 heavy (non-hydrogen) atoms. The van der Waals surface area contributed by atoms with Gasteiger partial charge >= 0.3 is 0 Å². The second-order valence-electron chi connectivity index (χ2n) is 8.80. The van der Waals surface area contributed by atoms with Gasteiger partial charge in [-0.3, -0.25) is 0 Å². The summed E-state index contributed by atoms with van der Waals surface area (Å²) in [6.07, 6.45) is 8.67. The first-order valence-corrected chi connectivity index (χ1v) is 11.0. The van der Waals surface area contributed by atoms with Crippen molar-refractivity contribution in [1.82, 2.24) is 0 Å². The highest BCUT2D eigenvalue weighted by Gasteiger charge is 2.35. The molecule has 2 aliphatic rings.